The quantitative estimate of drug-likeness (QED) is 0.395. The van der Waals surface area contributed by atoms with Crippen LogP contribution in [0.15, 0.2) is 46.6 Å². The van der Waals surface area contributed by atoms with Gasteiger partial charge in [0.2, 0.25) is 5.96 Å². The topological polar surface area (TPSA) is 106 Å². The summed E-state index contributed by atoms with van der Waals surface area (Å²) in [5.41, 5.74) is 1.60. The number of rotatable bonds is 7. The number of carbonyl (C=O) groups excluding carboxylic acids is 1. The van der Waals surface area contributed by atoms with E-state index in [1.54, 1.807) is 13.2 Å². The van der Waals surface area contributed by atoms with Crippen LogP contribution in [0.2, 0.25) is 0 Å². The molecule has 0 radical (unpaired) electrons. The zero-order valence-corrected chi connectivity index (χ0v) is 18.4. The molecule has 0 fully saturated rings. The number of aliphatic imine (C=N–C) groups is 2. The number of ether oxygens (including phenoxy) is 2. The lowest BCUT2D eigenvalue weighted by Crippen LogP contribution is -2.48. The molecule has 0 spiro atoms. The van der Waals surface area contributed by atoms with E-state index in [1.165, 1.54) is 18.5 Å². The highest BCUT2D eigenvalue weighted by molar-refractivity contribution is 6.20. The van der Waals surface area contributed by atoms with E-state index in [2.05, 4.69) is 15.2 Å². The maximum Gasteiger partial charge on any atom is 0.264 e. The minimum absolute atomic E-state index is 0.235. The predicted molar refractivity (Wildman–Crippen MR) is 120 cm³/mol. The van der Waals surface area contributed by atoms with Gasteiger partial charge in [0.15, 0.2) is 23.9 Å². The Balaban J connectivity index is 1.64. The molecule has 10 heteroatoms. The molecule has 168 valence electrons. The van der Waals surface area contributed by atoms with Crippen LogP contribution >= 0.6 is 0 Å². The maximum absolute atomic E-state index is 12.7. The summed E-state index contributed by atoms with van der Waals surface area (Å²) < 4.78 is 12.2. The molecule has 10 nitrogen and oxygen atoms in total. The van der Waals surface area contributed by atoms with Gasteiger partial charge in [0, 0.05) is 24.7 Å². The second kappa shape index (κ2) is 9.23. The molecular weight excluding hydrogens is 412 g/mol. The summed E-state index contributed by atoms with van der Waals surface area (Å²) in [6.07, 6.45) is 3.41. The number of carbonyl (C=O) groups is 1. The Kier molecular flexibility index (Phi) is 6.22. The second-order valence-corrected chi connectivity index (χ2v) is 7.70. The smallest absolute Gasteiger partial charge is 0.264 e. The average molecular weight is 438 g/mol. The highest BCUT2D eigenvalue weighted by Gasteiger charge is 2.33. The van der Waals surface area contributed by atoms with Crippen molar-refractivity contribution in [2.24, 2.45) is 9.98 Å². The molecule has 0 saturated carbocycles. The van der Waals surface area contributed by atoms with Crippen molar-refractivity contribution in [3.05, 3.63) is 53.0 Å². The van der Waals surface area contributed by atoms with Crippen molar-refractivity contribution in [3.63, 3.8) is 0 Å². The van der Waals surface area contributed by atoms with Crippen molar-refractivity contribution in [2.75, 3.05) is 47.4 Å². The lowest BCUT2D eigenvalue weighted by molar-refractivity contribution is -0.605. The number of nitrogens with one attached hydrogen (secondary N) is 1. The molecule has 2 aromatic rings. The van der Waals surface area contributed by atoms with Gasteiger partial charge in [-0.05, 0) is 38.7 Å². The van der Waals surface area contributed by atoms with E-state index in [-0.39, 0.29) is 5.56 Å². The summed E-state index contributed by atoms with van der Waals surface area (Å²) in [6, 6.07) is 6.87. The van der Waals surface area contributed by atoms with Crippen molar-refractivity contribution >= 4 is 23.4 Å². The largest absolute Gasteiger partial charge is 0.619 e. The third-order valence-electron chi connectivity index (χ3n) is 5.12. The number of benzene rings is 1. The molecule has 1 aromatic heterocycles. The normalized spacial score (nSPS) is 14.4. The molecule has 0 bridgehead atoms. The Morgan fingerprint density at radius 1 is 1.34 bits per heavy atom. The zero-order valence-electron chi connectivity index (χ0n) is 18.4. The Labute approximate surface area is 186 Å². The summed E-state index contributed by atoms with van der Waals surface area (Å²) >= 11 is 0. The SMILES string of the molecule is COc1c(OCCCN(C)C)ccc2c1N=C(NC(=O)c1ccc[n+]([O-])c1)N1CCN=C21. The molecular formula is C22H26N6O4. The van der Waals surface area contributed by atoms with Crippen LogP contribution in [0.1, 0.15) is 22.3 Å². The Hall–Kier alpha value is -3.66. The molecule has 1 N–H and O–H groups in total. The minimum Gasteiger partial charge on any atom is -0.619 e. The van der Waals surface area contributed by atoms with E-state index < -0.39 is 5.91 Å². The molecule has 1 amide bonds. The second-order valence-electron chi connectivity index (χ2n) is 7.70. The Bertz CT molecular complexity index is 1080. The molecule has 2 aliphatic rings. The first kappa shape index (κ1) is 21.6. The minimum atomic E-state index is -0.432. The van der Waals surface area contributed by atoms with E-state index in [0.717, 1.165) is 24.4 Å². The number of aromatic nitrogens is 1. The van der Waals surface area contributed by atoms with E-state index in [0.29, 0.717) is 47.6 Å². The van der Waals surface area contributed by atoms with E-state index in [1.807, 2.05) is 31.1 Å². The van der Waals surface area contributed by atoms with Crippen LogP contribution < -0.4 is 19.5 Å². The monoisotopic (exact) mass is 438 g/mol. The van der Waals surface area contributed by atoms with Crippen LogP contribution in [0.4, 0.5) is 5.69 Å². The first-order chi connectivity index (χ1) is 15.5. The highest BCUT2D eigenvalue weighted by Crippen LogP contribution is 2.43. The fourth-order valence-corrected chi connectivity index (χ4v) is 3.63. The van der Waals surface area contributed by atoms with Crippen LogP contribution in [-0.2, 0) is 0 Å². The van der Waals surface area contributed by atoms with E-state index >= 15 is 0 Å². The number of fused-ring (bicyclic) bond motifs is 3. The number of hydrogen-bond acceptors (Lipinski definition) is 8. The molecule has 3 heterocycles. The average Bonchev–Trinajstić information content (AvgIpc) is 3.27. The fourth-order valence-electron chi connectivity index (χ4n) is 3.63. The van der Waals surface area contributed by atoms with Gasteiger partial charge in [0.25, 0.3) is 5.91 Å². The predicted octanol–water partition coefficient (Wildman–Crippen LogP) is 1.15. The van der Waals surface area contributed by atoms with Gasteiger partial charge in [-0.2, -0.15) is 4.73 Å². The number of hydrogen-bond donors (Lipinski definition) is 1. The summed E-state index contributed by atoms with van der Waals surface area (Å²) in [6.45, 7) is 2.63. The molecule has 0 unspecified atom stereocenters. The van der Waals surface area contributed by atoms with Gasteiger partial charge in [-0.1, -0.05) is 0 Å². The summed E-state index contributed by atoms with van der Waals surface area (Å²) in [4.78, 5) is 26.0. The zero-order chi connectivity index (χ0) is 22.7. The lowest BCUT2D eigenvalue weighted by Gasteiger charge is -2.28. The summed E-state index contributed by atoms with van der Waals surface area (Å²) in [7, 11) is 5.60. The third-order valence-corrected chi connectivity index (χ3v) is 5.12. The summed E-state index contributed by atoms with van der Waals surface area (Å²) in [5, 5.41) is 14.4. The molecule has 2 aliphatic heterocycles. The van der Waals surface area contributed by atoms with Gasteiger partial charge >= 0.3 is 0 Å². The van der Waals surface area contributed by atoms with Crippen LogP contribution in [-0.4, -0.2) is 74.9 Å². The van der Waals surface area contributed by atoms with Crippen molar-refractivity contribution in [1.82, 2.24) is 15.1 Å². The van der Waals surface area contributed by atoms with Crippen LogP contribution in [0.3, 0.4) is 0 Å². The number of methoxy groups -OCH3 is 1. The van der Waals surface area contributed by atoms with Crippen molar-refractivity contribution in [1.29, 1.82) is 0 Å². The molecule has 32 heavy (non-hydrogen) atoms. The van der Waals surface area contributed by atoms with Gasteiger partial charge in [0.05, 0.1) is 20.3 Å². The summed E-state index contributed by atoms with van der Waals surface area (Å²) in [5.74, 6) is 1.70. The van der Waals surface area contributed by atoms with Gasteiger partial charge in [-0.25, -0.2) is 4.99 Å². The molecule has 4 rings (SSSR count). The number of amides is 1. The standard InChI is InChI=1S/C22H26N6O4/c1-26(2)10-5-13-32-17-8-7-16-18(19(17)31-3)24-22(28-12-9-23-20(16)28)25-21(29)15-6-4-11-27(30)14-15/h4,6-8,11,14H,5,9-10,12-13H2,1-3H3,(H,24,25,29). The number of pyridine rings is 1. The maximum atomic E-state index is 12.7. The number of amidine groups is 1. The first-order valence-electron chi connectivity index (χ1n) is 10.4. The van der Waals surface area contributed by atoms with Gasteiger partial charge in [-0.3, -0.25) is 20.0 Å². The molecule has 1 aromatic carbocycles. The van der Waals surface area contributed by atoms with Crippen molar-refractivity contribution in [2.45, 2.75) is 6.42 Å². The number of guanidine groups is 1. The van der Waals surface area contributed by atoms with Crippen LogP contribution in [0.25, 0.3) is 0 Å². The van der Waals surface area contributed by atoms with Crippen LogP contribution in [0, 0.1) is 5.21 Å². The van der Waals surface area contributed by atoms with Gasteiger partial charge < -0.3 is 19.6 Å². The lowest BCUT2D eigenvalue weighted by atomic mass is 10.1. The van der Waals surface area contributed by atoms with Crippen molar-refractivity contribution in [3.8, 4) is 11.5 Å². The van der Waals surface area contributed by atoms with Gasteiger partial charge in [0.1, 0.15) is 17.1 Å². The van der Waals surface area contributed by atoms with Crippen molar-refractivity contribution < 1.29 is 19.0 Å². The molecule has 0 atom stereocenters. The Morgan fingerprint density at radius 3 is 2.94 bits per heavy atom. The van der Waals surface area contributed by atoms with E-state index in [9.17, 15) is 10.0 Å². The third kappa shape index (κ3) is 4.35. The molecule has 0 aliphatic carbocycles. The Morgan fingerprint density at radius 2 is 2.19 bits per heavy atom. The number of nitrogens with zero attached hydrogens (tertiary/aromatic N) is 5. The highest BCUT2D eigenvalue weighted by atomic mass is 16.5. The first-order valence-corrected chi connectivity index (χ1v) is 10.4. The fraction of sp³-hybridized carbons (Fsp3) is 0.364. The van der Waals surface area contributed by atoms with Gasteiger partial charge in [-0.15, -0.1) is 0 Å². The van der Waals surface area contributed by atoms with E-state index in [4.69, 9.17) is 14.5 Å². The van der Waals surface area contributed by atoms with Crippen LogP contribution in [0.5, 0.6) is 11.5 Å². The molecule has 0 saturated heterocycles.